The summed E-state index contributed by atoms with van der Waals surface area (Å²) in [6, 6.07) is 2.95. The predicted molar refractivity (Wildman–Crippen MR) is 118 cm³/mol. The molecule has 176 valence electrons. The maximum absolute atomic E-state index is 13.2. The Hall–Kier alpha value is -2.68. The summed E-state index contributed by atoms with van der Waals surface area (Å²) < 4.78 is 39.6. The number of hydrogen-bond donors (Lipinski definition) is 2. The van der Waals surface area contributed by atoms with Crippen molar-refractivity contribution in [3.63, 3.8) is 0 Å². The van der Waals surface area contributed by atoms with Gasteiger partial charge < -0.3 is 11.1 Å². The Morgan fingerprint density at radius 2 is 1.94 bits per heavy atom. The summed E-state index contributed by atoms with van der Waals surface area (Å²) >= 11 is 6.11. The highest BCUT2D eigenvalue weighted by atomic mass is 35.5. The number of nitrogens with zero attached hydrogens (tertiary/aromatic N) is 2. The standard InChI is InChI=1S/C23H24ClF3N4O2/c1-11(13-6-15(23(25,26)27)10-16(28)7-13)29-21-18-4-12(5-19(18)30-22(24)31-21)2-3-20(33)14-8-17(32)9-14/h6-7,10-12,14H,2-5,8-9,28H2,1H3,(H,29,30,31)/t11-,12?/m1/s1. The lowest BCUT2D eigenvalue weighted by Crippen LogP contribution is -2.30. The molecule has 6 nitrogen and oxygen atoms in total. The van der Waals surface area contributed by atoms with E-state index in [2.05, 4.69) is 15.3 Å². The normalized spacial score (nSPS) is 19.2. The summed E-state index contributed by atoms with van der Waals surface area (Å²) in [6.45, 7) is 1.72. The number of rotatable bonds is 7. The molecule has 2 aliphatic rings. The van der Waals surface area contributed by atoms with Crippen LogP contribution in [-0.4, -0.2) is 21.5 Å². The van der Waals surface area contributed by atoms with E-state index in [9.17, 15) is 22.8 Å². The van der Waals surface area contributed by atoms with Gasteiger partial charge in [0.05, 0.1) is 17.3 Å². The minimum Gasteiger partial charge on any atom is -0.399 e. The Morgan fingerprint density at radius 1 is 1.21 bits per heavy atom. The fourth-order valence-electron chi connectivity index (χ4n) is 4.49. The first-order chi connectivity index (χ1) is 15.5. The molecular weight excluding hydrogens is 457 g/mol. The zero-order valence-electron chi connectivity index (χ0n) is 18.0. The molecule has 0 bridgehead atoms. The van der Waals surface area contributed by atoms with Crippen molar-refractivity contribution in [1.82, 2.24) is 9.97 Å². The molecule has 2 aromatic rings. The van der Waals surface area contributed by atoms with E-state index in [-0.39, 0.29) is 34.4 Å². The molecule has 10 heteroatoms. The number of nitrogens with one attached hydrogen (secondary N) is 1. The monoisotopic (exact) mass is 480 g/mol. The summed E-state index contributed by atoms with van der Waals surface area (Å²) in [7, 11) is 0. The molecule has 0 aliphatic heterocycles. The van der Waals surface area contributed by atoms with Gasteiger partial charge in [0.2, 0.25) is 5.28 Å². The van der Waals surface area contributed by atoms with Crippen LogP contribution < -0.4 is 11.1 Å². The van der Waals surface area contributed by atoms with E-state index in [1.54, 1.807) is 6.92 Å². The van der Waals surface area contributed by atoms with Gasteiger partial charge in [-0.25, -0.2) is 9.97 Å². The highest BCUT2D eigenvalue weighted by molar-refractivity contribution is 6.28. The fourth-order valence-corrected chi connectivity index (χ4v) is 4.67. The Labute approximate surface area is 194 Å². The third-order valence-electron chi connectivity index (χ3n) is 6.40. The van der Waals surface area contributed by atoms with Crippen molar-refractivity contribution in [3.8, 4) is 0 Å². The number of benzene rings is 1. The maximum atomic E-state index is 13.2. The van der Waals surface area contributed by atoms with Crippen molar-refractivity contribution in [2.75, 3.05) is 11.1 Å². The lowest BCUT2D eigenvalue weighted by atomic mass is 9.79. The first-order valence-electron chi connectivity index (χ1n) is 10.8. The molecule has 2 aliphatic carbocycles. The van der Waals surface area contributed by atoms with Gasteiger partial charge in [-0.3, -0.25) is 9.59 Å². The molecule has 3 N–H and O–H groups in total. The predicted octanol–water partition coefficient (Wildman–Crippen LogP) is 4.95. The lowest BCUT2D eigenvalue weighted by molar-refractivity contribution is -0.137. The summed E-state index contributed by atoms with van der Waals surface area (Å²) in [5.74, 6) is 0.802. The number of nitrogen functional groups attached to an aromatic ring is 1. The maximum Gasteiger partial charge on any atom is 0.416 e. The van der Waals surface area contributed by atoms with Crippen LogP contribution in [0.25, 0.3) is 0 Å². The third-order valence-corrected chi connectivity index (χ3v) is 6.57. The molecule has 4 rings (SSSR count). The second-order valence-corrected chi connectivity index (χ2v) is 9.28. The van der Waals surface area contributed by atoms with Gasteiger partial charge in [0, 0.05) is 36.4 Å². The van der Waals surface area contributed by atoms with Crippen LogP contribution in [0.4, 0.5) is 24.7 Å². The van der Waals surface area contributed by atoms with Crippen LogP contribution >= 0.6 is 11.6 Å². The molecule has 0 amide bonds. The van der Waals surface area contributed by atoms with Gasteiger partial charge in [-0.1, -0.05) is 0 Å². The molecule has 1 unspecified atom stereocenters. The molecule has 0 radical (unpaired) electrons. The quantitative estimate of drug-likeness (QED) is 0.430. The Kier molecular flexibility index (Phi) is 6.35. The molecule has 2 atom stereocenters. The van der Waals surface area contributed by atoms with E-state index >= 15 is 0 Å². The van der Waals surface area contributed by atoms with Gasteiger partial charge in [-0.15, -0.1) is 0 Å². The minimum absolute atomic E-state index is 0.0253. The second kappa shape index (κ2) is 8.93. The minimum atomic E-state index is -4.50. The highest BCUT2D eigenvalue weighted by Gasteiger charge is 2.34. The topological polar surface area (TPSA) is 98.0 Å². The van der Waals surface area contributed by atoms with Crippen molar-refractivity contribution in [1.29, 1.82) is 0 Å². The number of carbonyl (C=O) groups is 2. The van der Waals surface area contributed by atoms with Gasteiger partial charge in [0.25, 0.3) is 0 Å². The van der Waals surface area contributed by atoms with E-state index in [0.717, 1.165) is 23.4 Å². The smallest absolute Gasteiger partial charge is 0.399 e. The summed E-state index contributed by atoms with van der Waals surface area (Å²) in [5.41, 5.74) is 6.94. The highest BCUT2D eigenvalue weighted by Crippen LogP contribution is 2.37. The van der Waals surface area contributed by atoms with E-state index < -0.39 is 17.8 Å². The molecule has 0 spiro atoms. The number of hydrogen-bond acceptors (Lipinski definition) is 6. The lowest BCUT2D eigenvalue weighted by Gasteiger charge is -2.23. The number of nitrogens with two attached hydrogens (primary N) is 1. The van der Waals surface area contributed by atoms with Gasteiger partial charge >= 0.3 is 6.18 Å². The Bertz CT molecular complexity index is 1100. The molecule has 33 heavy (non-hydrogen) atoms. The first kappa shape index (κ1) is 23.5. The second-order valence-electron chi connectivity index (χ2n) is 8.94. The molecule has 1 aromatic carbocycles. The molecule has 1 aromatic heterocycles. The number of halogens is 4. The first-order valence-corrected chi connectivity index (χ1v) is 11.2. The molecule has 1 saturated carbocycles. The third kappa shape index (κ3) is 5.29. The summed E-state index contributed by atoms with van der Waals surface area (Å²) in [5, 5.41) is 3.22. The van der Waals surface area contributed by atoms with Crippen molar-refractivity contribution in [2.24, 2.45) is 11.8 Å². The van der Waals surface area contributed by atoms with E-state index in [1.807, 2.05) is 0 Å². The SMILES string of the molecule is C[C@@H](Nc1nc(Cl)nc2c1CC(CCC(=O)C1CC(=O)C1)C2)c1cc(N)cc(C(F)(F)F)c1. The van der Waals surface area contributed by atoms with Crippen LogP contribution in [0.15, 0.2) is 18.2 Å². The number of Topliss-reactive ketones (excluding diaryl/α,β-unsaturated/α-hetero) is 2. The zero-order chi connectivity index (χ0) is 23.9. The number of aromatic nitrogens is 2. The van der Waals surface area contributed by atoms with Crippen molar-refractivity contribution in [3.05, 3.63) is 45.9 Å². The largest absolute Gasteiger partial charge is 0.416 e. The van der Waals surface area contributed by atoms with Gasteiger partial charge in [-0.2, -0.15) is 13.2 Å². The van der Waals surface area contributed by atoms with Gasteiger partial charge in [0.15, 0.2) is 0 Å². The van der Waals surface area contributed by atoms with Crippen LogP contribution in [0, 0.1) is 11.8 Å². The number of fused-ring (bicyclic) bond motifs is 1. The van der Waals surface area contributed by atoms with Crippen LogP contribution in [0.5, 0.6) is 0 Å². The number of anilines is 2. The van der Waals surface area contributed by atoms with Crippen molar-refractivity contribution in [2.45, 2.75) is 57.7 Å². The molecular formula is C23H24ClF3N4O2. The summed E-state index contributed by atoms with van der Waals surface area (Å²) in [6.07, 6.45) is -1.40. The number of carbonyl (C=O) groups excluding carboxylic acids is 2. The van der Waals surface area contributed by atoms with Crippen molar-refractivity contribution >= 4 is 34.7 Å². The van der Waals surface area contributed by atoms with E-state index in [0.29, 0.717) is 49.9 Å². The number of ketones is 2. The zero-order valence-corrected chi connectivity index (χ0v) is 18.8. The Balaban J connectivity index is 1.46. The molecule has 1 heterocycles. The van der Waals surface area contributed by atoms with Gasteiger partial charge in [-0.05, 0) is 67.5 Å². The van der Waals surface area contributed by atoms with Crippen LogP contribution in [0.3, 0.4) is 0 Å². The van der Waals surface area contributed by atoms with Crippen LogP contribution in [0.1, 0.15) is 61.0 Å². The molecule has 0 saturated heterocycles. The fraction of sp³-hybridized carbons (Fsp3) is 0.478. The van der Waals surface area contributed by atoms with E-state index in [4.69, 9.17) is 17.3 Å². The van der Waals surface area contributed by atoms with E-state index in [1.165, 1.54) is 6.07 Å². The Morgan fingerprint density at radius 3 is 2.61 bits per heavy atom. The van der Waals surface area contributed by atoms with Crippen LogP contribution in [0.2, 0.25) is 5.28 Å². The average Bonchev–Trinajstić information content (AvgIpc) is 3.11. The van der Waals surface area contributed by atoms with Crippen LogP contribution in [-0.2, 0) is 28.6 Å². The van der Waals surface area contributed by atoms with Crippen molar-refractivity contribution < 1.29 is 22.8 Å². The number of alkyl halides is 3. The summed E-state index contributed by atoms with van der Waals surface area (Å²) in [4.78, 5) is 32.0. The van der Waals surface area contributed by atoms with Gasteiger partial charge in [0.1, 0.15) is 17.4 Å². The average molecular weight is 481 g/mol. The molecule has 1 fully saturated rings.